The standard InChI is InChI=1S/C19H17ClN2O2/c20-13-8-6-11(7-9-13)17(23)18-16(21)14-10-12-4-2-1-3-5-15(12)22-19(14)24-18/h6-10H,1-5,21H2. The van der Waals surface area contributed by atoms with E-state index in [4.69, 9.17) is 21.8 Å². The molecule has 1 aromatic carbocycles. The maximum Gasteiger partial charge on any atom is 0.230 e. The summed E-state index contributed by atoms with van der Waals surface area (Å²) in [7, 11) is 0. The zero-order chi connectivity index (χ0) is 16.7. The van der Waals surface area contributed by atoms with Gasteiger partial charge in [0.25, 0.3) is 0 Å². The Morgan fingerprint density at radius 3 is 2.67 bits per heavy atom. The average molecular weight is 341 g/mol. The van der Waals surface area contributed by atoms with Crippen LogP contribution in [-0.2, 0) is 12.8 Å². The molecular weight excluding hydrogens is 324 g/mol. The molecule has 0 radical (unpaired) electrons. The molecule has 2 heterocycles. The molecule has 4 nitrogen and oxygen atoms in total. The first-order valence-electron chi connectivity index (χ1n) is 8.14. The molecule has 1 aliphatic rings. The lowest BCUT2D eigenvalue weighted by atomic mass is 10.1. The number of halogens is 1. The Balaban J connectivity index is 1.80. The number of anilines is 1. The van der Waals surface area contributed by atoms with Crippen molar-refractivity contribution in [2.45, 2.75) is 32.1 Å². The third-order valence-electron chi connectivity index (χ3n) is 4.56. The Labute approximate surface area is 144 Å². The fourth-order valence-electron chi connectivity index (χ4n) is 3.24. The molecule has 0 amide bonds. The van der Waals surface area contributed by atoms with Gasteiger partial charge in [-0.1, -0.05) is 18.0 Å². The average Bonchev–Trinajstić information content (AvgIpc) is 2.76. The SMILES string of the molecule is Nc1c(C(=O)c2ccc(Cl)cc2)oc2nc3c(cc12)CCCCC3. The first kappa shape index (κ1) is 15.2. The molecule has 0 atom stereocenters. The Morgan fingerprint density at radius 1 is 1.12 bits per heavy atom. The van der Waals surface area contributed by atoms with Crippen molar-refractivity contribution in [3.8, 4) is 0 Å². The van der Waals surface area contributed by atoms with Crippen molar-refractivity contribution >= 4 is 34.2 Å². The van der Waals surface area contributed by atoms with E-state index >= 15 is 0 Å². The van der Waals surface area contributed by atoms with Gasteiger partial charge in [0.15, 0.2) is 0 Å². The topological polar surface area (TPSA) is 69.1 Å². The molecule has 0 saturated carbocycles. The highest BCUT2D eigenvalue weighted by atomic mass is 35.5. The van der Waals surface area contributed by atoms with Crippen LogP contribution in [-0.4, -0.2) is 10.8 Å². The number of carbonyl (C=O) groups is 1. The van der Waals surface area contributed by atoms with Crippen molar-refractivity contribution in [1.29, 1.82) is 0 Å². The number of carbonyl (C=O) groups excluding carboxylic acids is 1. The van der Waals surface area contributed by atoms with Crippen LogP contribution < -0.4 is 5.73 Å². The Bertz CT molecular complexity index is 929. The van der Waals surface area contributed by atoms with E-state index in [1.165, 1.54) is 12.0 Å². The van der Waals surface area contributed by atoms with Crippen molar-refractivity contribution in [3.63, 3.8) is 0 Å². The summed E-state index contributed by atoms with van der Waals surface area (Å²) < 4.78 is 5.73. The van der Waals surface area contributed by atoms with Crippen LogP contribution in [0.25, 0.3) is 11.1 Å². The van der Waals surface area contributed by atoms with Gasteiger partial charge in [0.1, 0.15) is 0 Å². The van der Waals surface area contributed by atoms with Crippen LogP contribution in [0.3, 0.4) is 0 Å². The zero-order valence-electron chi connectivity index (χ0n) is 13.1. The lowest BCUT2D eigenvalue weighted by Gasteiger charge is -2.03. The Hall–Kier alpha value is -2.33. The molecule has 0 unspecified atom stereocenters. The van der Waals surface area contributed by atoms with Gasteiger partial charge in [-0.2, -0.15) is 0 Å². The molecular formula is C19H17ClN2O2. The number of hydrogen-bond acceptors (Lipinski definition) is 4. The van der Waals surface area contributed by atoms with Crippen molar-refractivity contribution < 1.29 is 9.21 Å². The number of hydrogen-bond donors (Lipinski definition) is 1. The lowest BCUT2D eigenvalue weighted by Crippen LogP contribution is -2.02. The minimum atomic E-state index is -0.252. The van der Waals surface area contributed by atoms with E-state index in [0.29, 0.717) is 22.0 Å². The van der Waals surface area contributed by atoms with Crippen molar-refractivity contribution in [2.75, 3.05) is 5.73 Å². The summed E-state index contributed by atoms with van der Waals surface area (Å²) in [6.07, 6.45) is 5.47. The minimum Gasteiger partial charge on any atom is -0.432 e. The van der Waals surface area contributed by atoms with E-state index in [-0.39, 0.29) is 11.5 Å². The van der Waals surface area contributed by atoms with E-state index in [1.807, 2.05) is 6.07 Å². The normalized spacial score (nSPS) is 14.4. The number of ketones is 1. The summed E-state index contributed by atoms with van der Waals surface area (Å²) >= 11 is 5.87. The molecule has 122 valence electrons. The van der Waals surface area contributed by atoms with Crippen molar-refractivity contribution in [2.24, 2.45) is 0 Å². The number of furan rings is 1. The van der Waals surface area contributed by atoms with E-state index in [0.717, 1.165) is 36.8 Å². The van der Waals surface area contributed by atoms with Gasteiger partial charge in [-0.05, 0) is 61.6 Å². The molecule has 0 saturated heterocycles. The van der Waals surface area contributed by atoms with Crippen molar-refractivity contribution in [1.82, 2.24) is 4.98 Å². The van der Waals surface area contributed by atoms with Crippen LogP contribution in [0.5, 0.6) is 0 Å². The highest BCUT2D eigenvalue weighted by molar-refractivity contribution is 6.30. The number of nitrogens with zero attached hydrogens (tertiary/aromatic N) is 1. The van der Waals surface area contributed by atoms with E-state index in [2.05, 4.69) is 4.98 Å². The molecule has 24 heavy (non-hydrogen) atoms. The summed E-state index contributed by atoms with van der Waals surface area (Å²) in [5.74, 6) is -0.0997. The molecule has 4 rings (SSSR count). The molecule has 2 N–H and O–H groups in total. The van der Waals surface area contributed by atoms with Gasteiger partial charge in [0, 0.05) is 16.3 Å². The summed E-state index contributed by atoms with van der Waals surface area (Å²) in [6, 6.07) is 8.72. The number of nitrogens with two attached hydrogens (primary N) is 1. The van der Waals surface area contributed by atoms with Gasteiger partial charge >= 0.3 is 0 Å². The largest absolute Gasteiger partial charge is 0.432 e. The van der Waals surface area contributed by atoms with Gasteiger partial charge in [-0.25, -0.2) is 4.98 Å². The van der Waals surface area contributed by atoms with Gasteiger partial charge in [-0.15, -0.1) is 0 Å². The predicted molar refractivity (Wildman–Crippen MR) is 94.6 cm³/mol. The van der Waals surface area contributed by atoms with Gasteiger partial charge in [0.2, 0.25) is 17.3 Å². The third kappa shape index (κ3) is 2.57. The smallest absolute Gasteiger partial charge is 0.230 e. The molecule has 3 aromatic rings. The summed E-state index contributed by atoms with van der Waals surface area (Å²) in [6.45, 7) is 0. The number of aromatic nitrogens is 1. The molecule has 0 bridgehead atoms. The van der Waals surface area contributed by atoms with Crippen LogP contribution in [0.2, 0.25) is 5.02 Å². The maximum absolute atomic E-state index is 12.7. The van der Waals surface area contributed by atoms with Gasteiger partial charge in [0.05, 0.1) is 11.1 Å². The second-order valence-electron chi connectivity index (χ2n) is 6.19. The molecule has 2 aromatic heterocycles. The predicted octanol–water partition coefficient (Wildman–Crippen LogP) is 4.56. The zero-order valence-corrected chi connectivity index (χ0v) is 13.9. The Morgan fingerprint density at radius 2 is 1.88 bits per heavy atom. The van der Waals surface area contributed by atoms with Crippen LogP contribution in [0, 0.1) is 0 Å². The first-order chi connectivity index (χ1) is 11.6. The van der Waals surface area contributed by atoms with E-state index < -0.39 is 0 Å². The van der Waals surface area contributed by atoms with Crippen LogP contribution >= 0.6 is 11.6 Å². The Kier molecular flexibility index (Phi) is 3.77. The summed E-state index contributed by atoms with van der Waals surface area (Å²) in [5.41, 5.74) is 9.79. The molecule has 0 fully saturated rings. The quantitative estimate of drug-likeness (QED) is 0.548. The second kappa shape index (κ2) is 5.95. The van der Waals surface area contributed by atoms with Crippen LogP contribution in [0.4, 0.5) is 5.69 Å². The van der Waals surface area contributed by atoms with Crippen molar-refractivity contribution in [3.05, 3.63) is 57.9 Å². The second-order valence-corrected chi connectivity index (χ2v) is 6.62. The molecule has 5 heteroatoms. The highest BCUT2D eigenvalue weighted by Crippen LogP contribution is 2.32. The molecule has 0 spiro atoms. The fraction of sp³-hybridized carbons (Fsp3) is 0.263. The van der Waals surface area contributed by atoms with E-state index in [1.54, 1.807) is 24.3 Å². The maximum atomic E-state index is 12.7. The summed E-state index contributed by atoms with van der Waals surface area (Å²) in [5, 5.41) is 1.31. The van der Waals surface area contributed by atoms with Gasteiger partial charge < -0.3 is 10.2 Å². The monoisotopic (exact) mass is 340 g/mol. The minimum absolute atomic E-state index is 0.153. The highest BCUT2D eigenvalue weighted by Gasteiger charge is 2.22. The molecule has 0 aliphatic heterocycles. The number of benzene rings is 1. The molecule has 1 aliphatic carbocycles. The van der Waals surface area contributed by atoms with Crippen LogP contribution in [0.1, 0.15) is 46.6 Å². The summed E-state index contributed by atoms with van der Waals surface area (Å²) in [4.78, 5) is 17.3. The number of nitrogen functional groups attached to an aromatic ring is 1. The number of aryl methyl sites for hydroxylation is 2. The fourth-order valence-corrected chi connectivity index (χ4v) is 3.36. The lowest BCUT2D eigenvalue weighted by molar-refractivity contribution is 0.101. The number of rotatable bonds is 2. The third-order valence-corrected chi connectivity index (χ3v) is 4.81. The first-order valence-corrected chi connectivity index (χ1v) is 8.52. The van der Waals surface area contributed by atoms with Crippen LogP contribution in [0.15, 0.2) is 34.7 Å². The van der Waals surface area contributed by atoms with Gasteiger partial charge in [-0.3, -0.25) is 4.79 Å². The number of pyridine rings is 1. The van der Waals surface area contributed by atoms with E-state index in [9.17, 15) is 4.79 Å². The number of fused-ring (bicyclic) bond motifs is 2.